The number of carbonyl (C=O) groups is 1. The van der Waals surface area contributed by atoms with Gasteiger partial charge in [0.05, 0.1) is 11.6 Å². The standard InChI is InChI=1S/C13H19N3OS/c1-7(2)5-11(15)12(17)16-13-10(6-14)8(3)9(4)18-13/h7,11H,5,15H2,1-4H3,(H,16,17)/t11-/m1/s1. The molecule has 1 atom stereocenters. The summed E-state index contributed by atoms with van der Waals surface area (Å²) in [5.74, 6) is 0.148. The summed E-state index contributed by atoms with van der Waals surface area (Å²) in [4.78, 5) is 12.9. The van der Waals surface area contributed by atoms with Gasteiger partial charge in [-0.2, -0.15) is 5.26 Å². The predicted octanol–water partition coefficient (Wildman–Crippen LogP) is 2.55. The average Bonchev–Trinajstić information content (AvgIpc) is 2.53. The maximum Gasteiger partial charge on any atom is 0.241 e. The molecule has 0 saturated carbocycles. The molecular formula is C13H19N3OS. The third kappa shape index (κ3) is 3.31. The SMILES string of the molecule is Cc1sc(NC(=O)[C@H](N)CC(C)C)c(C#N)c1C. The Hall–Kier alpha value is -1.38. The first kappa shape index (κ1) is 14.7. The highest BCUT2D eigenvalue weighted by atomic mass is 32.1. The van der Waals surface area contributed by atoms with E-state index in [9.17, 15) is 4.79 Å². The number of aryl methyl sites for hydroxylation is 1. The fraction of sp³-hybridized carbons (Fsp3) is 0.538. The van der Waals surface area contributed by atoms with Gasteiger partial charge in [-0.05, 0) is 31.7 Å². The lowest BCUT2D eigenvalue weighted by atomic mass is 10.0. The summed E-state index contributed by atoms with van der Waals surface area (Å²) in [5.41, 5.74) is 7.28. The van der Waals surface area contributed by atoms with Crippen LogP contribution in [-0.2, 0) is 4.79 Å². The van der Waals surface area contributed by atoms with Gasteiger partial charge < -0.3 is 11.1 Å². The van der Waals surface area contributed by atoms with Gasteiger partial charge in [0.15, 0.2) is 0 Å². The molecule has 18 heavy (non-hydrogen) atoms. The second-order valence-electron chi connectivity index (χ2n) is 4.82. The van der Waals surface area contributed by atoms with Crippen LogP contribution in [0.4, 0.5) is 5.00 Å². The lowest BCUT2D eigenvalue weighted by molar-refractivity contribution is -0.117. The molecule has 98 valence electrons. The number of hydrogen-bond donors (Lipinski definition) is 2. The first-order valence-electron chi connectivity index (χ1n) is 5.93. The Bertz CT molecular complexity index is 485. The topological polar surface area (TPSA) is 78.9 Å². The Morgan fingerprint density at radius 3 is 2.61 bits per heavy atom. The average molecular weight is 265 g/mol. The Balaban J connectivity index is 2.83. The molecule has 0 saturated heterocycles. The molecule has 0 aliphatic rings. The van der Waals surface area contributed by atoms with E-state index in [1.54, 1.807) is 0 Å². The normalized spacial score (nSPS) is 12.3. The Labute approximate surface area is 112 Å². The molecular weight excluding hydrogens is 246 g/mol. The molecule has 1 rings (SSSR count). The van der Waals surface area contributed by atoms with Crippen molar-refractivity contribution in [2.45, 2.75) is 40.2 Å². The molecule has 1 heterocycles. The van der Waals surface area contributed by atoms with E-state index in [0.29, 0.717) is 22.9 Å². The van der Waals surface area contributed by atoms with Gasteiger partial charge in [-0.25, -0.2) is 0 Å². The highest BCUT2D eigenvalue weighted by molar-refractivity contribution is 7.16. The van der Waals surface area contributed by atoms with E-state index in [0.717, 1.165) is 10.4 Å². The highest BCUT2D eigenvalue weighted by Gasteiger charge is 2.19. The number of nitrogens with zero attached hydrogens (tertiary/aromatic N) is 1. The van der Waals surface area contributed by atoms with Crippen LogP contribution in [-0.4, -0.2) is 11.9 Å². The minimum Gasteiger partial charge on any atom is -0.320 e. The molecule has 1 aromatic heterocycles. The van der Waals surface area contributed by atoms with Gasteiger partial charge in [0.2, 0.25) is 5.91 Å². The Morgan fingerprint density at radius 2 is 2.11 bits per heavy atom. The highest BCUT2D eigenvalue weighted by Crippen LogP contribution is 2.31. The maximum atomic E-state index is 11.9. The fourth-order valence-electron chi connectivity index (χ4n) is 1.67. The molecule has 3 N–H and O–H groups in total. The van der Waals surface area contributed by atoms with Crippen LogP contribution in [0.25, 0.3) is 0 Å². The summed E-state index contributed by atoms with van der Waals surface area (Å²) in [6, 6.07) is 1.60. The number of nitriles is 1. The number of rotatable bonds is 4. The molecule has 0 fully saturated rings. The molecule has 0 aliphatic carbocycles. The van der Waals surface area contributed by atoms with Crippen LogP contribution in [0, 0.1) is 31.1 Å². The lowest BCUT2D eigenvalue weighted by Crippen LogP contribution is -2.36. The van der Waals surface area contributed by atoms with Crippen molar-refractivity contribution in [2.75, 3.05) is 5.32 Å². The number of carbonyl (C=O) groups excluding carboxylic acids is 1. The van der Waals surface area contributed by atoms with Gasteiger partial charge in [-0.1, -0.05) is 13.8 Å². The van der Waals surface area contributed by atoms with Gasteiger partial charge in [0, 0.05) is 4.88 Å². The fourth-order valence-corrected chi connectivity index (χ4v) is 2.68. The first-order valence-corrected chi connectivity index (χ1v) is 6.75. The van der Waals surface area contributed by atoms with E-state index in [2.05, 4.69) is 11.4 Å². The van der Waals surface area contributed by atoms with E-state index >= 15 is 0 Å². The molecule has 0 aromatic carbocycles. The van der Waals surface area contributed by atoms with E-state index in [1.807, 2.05) is 27.7 Å². The summed E-state index contributed by atoms with van der Waals surface area (Å²) in [6.07, 6.45) is 0.636. The second-order valence-corrected chi connectivity index (χ2v) is 6.05. The summed E-state index contributed by atoms with van der Waals surface area (Å²) < 4.78 is 0. The summed E-state index contributed by atoms with van der Waals surface area (Å²) in [5, 5.41) is 12.5. The summed E-state index contributed by atoms with van der Waals surface area (Å²) >= 11 is 1.42. The Morgan fingerprint density at radius 1 is 1.50 bits per heavy atom. The van der Waals surface area contributed by atoms with Crippen molar-refractivity contribution in [2.24, 2.45) is 11.7 Å². The van der Waals surface area contributed by atoms with Gasteiger partial charge in [-0.3, -0.25) is 4.79 Å². The zero-order valence-electron chi connectivity index (χ0n) is 11.2. The minimum atomic E-state index is -0.528. The van der Waals surface area contributed by atoms with Gasteiger partial charge in [-0.15, -0.1) is 11.3 Å². The molecule has 5 heteroatoms. The van der Waals surface area contributed by atoms with E-state index in [4.69, 9.17) is 11.0 Å². The van der Waals surface area contributed by atoms with Gasteiger partial charge in [0.1, 0.15) is 11.1 Å². The zero-order chi connectivity index (χ0) is 13.9. The van der Waals surface area contributed by atoms with E-state index in [-0.39, 0.29) is 5.91 Å². The van der Waals surface area contributed by atoms with Gasteiger partial charge >= 0.3 is 0 Å². The molecule has 0 bridgehead atoms. The van der Waals surface area contributed by atoms with Crippen LogP contribution in [0.15, 0.2) is 0 Å². The summed E-state index contributed by atoms with van der Waals surface area (Å²) in [6.45, 7) is 7.86. The third-order valence-corrected chi connectivity index (χ3v) is 3.92. The van der Waals surface area contributed by atoms with Crippen LogP contribution < -0.4 is 11.1 Å². The van der Waals surface area contributed by atoms with Crippen LogP contribution in [0.2, 0.25) is 0 Å². The van der Waals surface area contributed by atoms with Crippen LogP contribution in [0.1, 0.15) is 36.3 Å². The quantitative estimate of drug-likeness (QED) is 0.878. The van der Waals surface area contributed by atoms with Crippen molar-refractivity contribution < 1.29 is 4.79 Å². The summed E-state index contributed by atoms with van der Waals surface area (Å²) in [7, 11) is 0. The number of amides is 1. The third-order valence-electron chi connectivity index (χ3n) is 2.80. The number of thiophene rings is 1. The first-order chi connectivity index (χ1) is 8.36. The number of anilines is 1. The van der Waals surface area contributed by atoms with Crippen molar-refractivity contribution in [1.29, 1.82) is 5.26 Å². The zero-order valence-corrected chi connectivity index (χ0v) is 12.0. The van der Waals surface area contributed by atoms with Crippen LogP contribution >= 0.6 is 11.3 Å². The molecule has 0 aliphatic heterocycles. The minimum absolute atomic E-state index is 0.221. The van der Waals surface area contributed by atoms with Crippen molar-refractivity contribution in [3.8, 4) is 6.07 Å². The number of nitrogens with one attached hydrogen (secondary N) is 1. The van der Waals surface area contributed by atoms with Crippen molar-refractivity contribution in [3.63, 3.8) is 0 Å². The molecule has 0 spiro atoms. The molecule has 1 amide bonds. The molecule has 4 nitrogen and oxygen atoms in total. The smallest absolute Gasteiger partial charge is 0.241 e. The second kappa shape index (κ2) is 5.98. The van der Waals surface area contributed by atoms with E-state index < -0.39 is 6.04 Å². The van der Waals surface area contributed by atoms with E-state index in [1.165, 1.54) is 11.3 Å². The van der Waals surface area contributed by atoms with Gasteiger partial charge in [0.25, 0.3) is 0 Å². The monoisotopic (exact) mass is 265 g/mol. The molecule has 0 unspecified atom stereocenters. The maximum absolute atomic E-state index is 11.9. The number of nitrogens with two attached hydrogens (primary N) is 1. The van der Waals surface area contributed by atoms with Crippen LogP contribution in [0.3, 0.4) is 0 Å². The predicted molar refractivity (Wildman–Crippen MR) is 74.6 cm³/mol. The number of hydrogen-bond acceptors (Lipinski definition) is 4. The molecule has 0 radical (unpaired) electrons. The lowest BCUT2D eigenvalue weighted by Gasteiger charge is -2.13. The van der Waals surface area contributed by atoms with Crippen molar-refractivity contribution in [3.05, 3.63) is 16.0 Å². The van der Waals surface area contributed by atoms with Crippen molar-refractivity contribution >= 4 is 22.2 Å². The largest absolute Gasteiger partial charge is 0.320 e. The molecule has 1 aromatic rings. The Kier molecular flexibility index (Phi) is 4.88. The van der Waals surface area contributed by atoms with Crippen LogP contribution in [0.5, 0.6) is 0 Å². The van der Waals surface area contributed by atoms with Crippen molar-refractivity contribution in [1.82, 2.24) is 0 Å².